The molecule has 1 aliphatic carbocycles. The number of carbonyl (C=O) groups excluding carboxylic acids is 2. The van der Waals surface area contributed by atoms with Crippen LogP contribution in [0.4, 0.5) is 30.4 Å². The Bertz CT molecular complexity index is 2790. The number of phenolic OH excluding ortho intramolecular Hbond substituents is 1. The molecule has 14 nitrogen and oxygen atoms in total. The summed E-state index contributed by atoms with van der Waals surface area (Å²) in [5.74, 6) is -1.06. The minimum absolute atomic E-state index is 0.0272. The maximum atomic E-state index is 17.2. The van der Waals surface area contributed by atoms with Crippen LogP contribution in [0.2, 0.25) is 0 Å². The maximum absolute atomic E-state index is 17.2. The number of aromatic nitrogens is 3. The first kappa shape index (κ1) is 45.7. The number of ether oxygens (including phenoxy) is 2. The molecule has 5 saturated heterocycles. The average molecular weight is 948 g/mol. The number of imide groups is 1. The second-order valence-corrected chi connectivity index (χ2v) is 20.4. The van der Waals surface area contributed by atoms with Gasteiger partial charge in [0.2, 0.25) is 11.8 Å². The van der Waals surface area contributed by atoms with Gasteiger partial charge in [-0.05, 0) is 110 Å². The number of rotatable bonds is 13. The summed E-state index contributed by atoms with van der Waals surface area (Å²) >= 11 is 0. The summed E-state index contributed by atoms with van der Waals surface area (Å²) in [6.45, 7) is 11.6. The summed E-state index contributed by atoms with van der Waals surface area (Å²) < 4.78 is 60.4. The van der Waals surface area contributed by atoms with Gasteiger partial charge in [-0.2, -0.15) is 9.97 Å². The Morgan fingerprint density at radius 2 is 1.70 bits per heavy atom. The Morgan fingerprint density at radius 3 is 2.42 bits per heavy atom. The number of nitrogens with zero attached hydrogens (tertiary/aromatic N) is 7. The predicted octanol–water partition coefficient (Wildman–Crippen LogP) is 7.20. The van der Waals surface area contributed by atoms with Gasteiger partial charge >= 0.3 is 6.01 Å². The second-order valence-electron chi connectivity index (χ2n) is 20.4. The smallest absolute Gasteiger partial charge is 0.319 e. The van der Waals surface area contributed by atoms with Crippen LogP contribution in [0.3, 0.4) is 0 Å². The summed E-state index contributed by atoms with van der Waals surface area (Å²) in [5, 5.41) is 17.7. The van der Waals surface area contributed by atoms with E-state index in [1.54, 1.807) is 30.5 Å². The van der Waals surface area contributed by atoms with E-state index < -0.39 is 17.7 Å². The number of aromatic hydroxyl groups is 1. The van der Waals surface area contributed by atoms with E-state index in [1.165, 1.54) is 18.2 Å². The van der Waals surface area contributed by atoms with Crippen molar-refractivity contribution in [2.24, 2.45) is 11.3 Å². The number of piperidine rings is 3. The predicted molar refractivity (Wildman–Crippen MR) is 257 cm³/mol. The molecule has 1 spiro atoms. The van der Waals surface area contributed by atoms with E-state index in [2.05, 4.69) is 35.2 Å². The number of nitrogens with one attached hydrogen (secondary N) is 2. The van der Waals surface area contributed by atoms with E-state index in [4.69, 9.17) is 19.4 Å². The Morgan fingerprint density at radius 1 is 0.899 bits per heavy atom. The molecule has 17 heteroatoms. The zero-order chi connectivity index (χ0) is 47.4. The maximum Gasteiger partial charge on any atom is 0.319 e. The highest BCUT2D eigenvalue weighted by molar-refractivity contribution is 6.02. The molecule has 3 aromatic carbocycles. The molecule has 2 amide bonds. The largest absolute Gasteiger partial charge is 0.508 e. The number of benzene rings is 3. The SMILES string of the molecule is CCc1c(F)ccc2cc(O)cc(-c3ncc4c(N5CCCC6(CCO6)C5)nc(OCC5(CN6CCN(CC7CCN(c8ccc(NC9CCC(=O)NC9=O)cc8F)CC7)CC6)CC5)nc4c3F)c12. The number of halogens is 3. The summed E-state index contributed by atoms with van der Waals surface area (Å²) in [7, 11) is 0. The fourth-order valence-corrected chi connectivity index (χ4v) is 11.5. The van der Waals surface area contributed by atoms with Crippen molar-refractivity contribution in [1.29, 1.82) is 0 Å². The van der Waals surface area contributed by atoms with Crippen LogP contribution < -0.4 is 25.2 Å². The molecule has 1 saturated carbocycles. The van der Waals surface area contributed by atoms with Crippen molar-refractivity contribution in [3.8, 4) is 23.0 Å². The zero-order valence-corrected chi connectivity index (χ0v) is 39.2. The van der Waals surface area contributed by atoms with E-state index in [-0.39, 0.29) is 58.0 Å². The second kappa shape index (κ2) is 18.5. The molecular formula is C52H60F3N9O5. The highest BCUT2D eigenvalue weighted by Gasteiger charge is 2.46. The normalized spacial score (nSPS) is 23.4. The van der Waals surface area contributed by atoms with Crippen LogP contribution in [0.25, 0.3) is 32.9 Å². The first-order valence-electron chi connectivity index (χ1n) is 24.9. The number of amides is 2. The summed E-state index contributed by atoms with van der Waals surface area (Å²) in [4.78, 5) is 47.4. The fraction of sp³-hybridized carbons (Fsp3) is 0.519. The number of aryl methyl sites for hydroxylation is 1. The minimum atomic E-state index is -0.683. The van der Waals surface area contributed by atoms with E-state index in [9.17, 15) is 14.7 Å². The third-order valence-electron chi connectivity index (χ3n) is 15.7. The summed E-state index contributed by atoms with van der Waals surface area (Å²) in [6, 6.07) is 10.5. The molecule has 2 atom stereocenters. The zero-order valence-electron chi connectivity index (χ0n) is 39.2. The lowest BCUT2D eigenvalue weighted by Gasteiger charge is -2.48. The summed E-state index contributed by atoms with van der Waals surface area (Å²) in [5.41, 5.74) is 1.54. The minimum Gasteiger partial charge on any atom is -0.508 e. The third kappa shape index (κ3) is 9.25. The van der Waals surface area contributed by atoms with Crippen LogP contribution in [0.15, 0.2) is 48.7 Å². The van der Waals surface area contributed by atoms with Crippen molar-refractivity contribution < 1.29 is 37.3 Å². The lowest BCUT2D eigenvalue weighted by Crippen LogP contribution is -2.56. The number of hydrogen-bond acceptors (Lipinski definition) is 13. The van der Waals surface area contributed by atoms with Gasteiger partial charge < -0.3 is 39.5 Å². The van der Waals surface area contributed by atoms with Crippen molar-refractivity contribution in [2.75, 3.05) is 93.8 Å². The van der Waals surface area contributed by atoms with Crippen LogP contribution >= 0.6 is 0 Å². The Labute approximate surface area is 399 Å². The van der Waals surface area contributed by atoms with Crippen LogP contribution in [0.1, 0.15) is 70.3 Å². The highest BCUT2D eigenvalue weighted by atomic mass is 19.1. The molecule has 7 heterocycles. The van der Waals surface area contributed by atoms with Crippen LogP contribution in [-0.4, -0.2) is 132 Å². The third-order valence-corrected chi connectivity index (χ3v) is 15.7. The van der Waals surface area contributed by atoms with Crippen LogP contribution in [0, 0.1) is 28.8 Å². The van der Waals surface area contributed by atoms with E-state index >= 15 is 13.2 Å². The molecule has 6 aliphatic rings. The van der Waals surface area contributed by atoms with Gasteiger partial charge in [0.05, 0.1) is 29.9 Å². The van der Waals surface area contributed by atoms with Gasteiger partial charge in [0.25, 0.3) is 0 Å². The van der Waals surface area contributed by atoms with Gasteiger partial charge in [-0.3, -0.25) is 19.9 Å². The van der Waals surface area contributed by atoms with Gasteiger partial charge in [0, 0.05) is 101 Å². The van der Waals surface area contributed by atoms with Crippen molar-refractivity contribution >= 4 is 50.7 Å². The molecular weight excluding hydrogens is 888 g/mol. The first-order valence-corrected chi connectivity index (χ1v) is 24.9. The lowest BCUT2D eigenvalue weighted by molar-refractivity contribution is -0.151. The molecule has 2 unspecified atom stereocenters. The standard InChI is InChI=1S/C52H60F3N9O5/c1-2-36-39(53)6-4-33-24-35(65)26-37(44(33)36)46-45(55)47-38(27-56-46)48(64-16-3-12-52(30-64)15-23-69-52)60-50(59-47)68-31-51(13-14-51)29-62-21-19-61(20-22-62)28-32-10-17-63(18-11-32)42-8-5-34(25-40(42)54)57-41-7-9-43(66)58-49(41)67/h4-6,8,24-27,32,41,57,65H,2-3,7,9-23,28-31H2,1H3,(H,58,66,67). The van der Waals surface area contributed by atoms with Gasteiger partial charge in [0.1, 0.15) is 40.5 Å². The monoisotopic (exact) mass is 947 g/mol. The van der Waals surface area contributed by atoms with E-state index in [1.807, 2.05) is 6.92 Å². The number of pyridine rings is 1. The first-order chi connectivity index (χ1) is 33.4. The lowest BCUT2D eigenvalue weighted by atomic mass is 9.86. The van der Waals surface area contributed by atoms with Gasteiger partial charge in [0.15, 0.2) is 5.82 Å². The number of carbonyl (C=O) groups is 2. The average Bonchev–Trinajstić information content (AvgIpc) is 4.11. The van der Waals surface area contributed by atoms with Gasteiger partial charge in [-0.1, -0.05) is 13.0 Å². The molecule has 0 bridgehead atoms. The van der Waals surface area contributed by atoms with Crippen molar-refractivity contribution in [2.45, 2.75) is 82.8 Å². The molecule has 3 N–H and O–H groups in total. The molecule has 2 aromatic heterocycles. The number of hydrogen-bond donors (Lipinski definition) is 3. The molecule has 11 rings (SSSR count). The quantitative estimate of drug-likeness (QED) is 0.102. The van der Waals surface area contributed by atoms with E-state index in [0.717, 1.165) is 110 Å². The summed E-state index contributed by atoms with van der Waals surface area (Å²) in [6.07, 6.45) is 9.41. The molecule has 5 aromatic rings. The highest BCUT2D eigenvalue weighted by Crippen LogP contribution is 2.47. The van der Waals surface area contributed by atoms with Crippen LogP contribution in [-0.2, 0) is 20.7 Å². The molecule has 364 valence electrons. The topological polar surface area (TPSA) is 149 Å². The molecule has 0 radical (unpaired) electrons. The Balaban J connectivity index is 0.731. The van der Waals surface area contributed by atoms with Crippen molar-refractivity contribution in [3.05, 3.63) is 71.7 Å². The van der Waals surface area contributed by atoms with Crippen molar-refractivity contribution in [3.63, 3.8) is 0 Å². The molecule has 6 fully saturated rings. The number of fused-ring (bicyclic) bond motifs is 2. The Kier molecular flexibility index (Phi) is 12.3. The van der Waals surface area contributed by atoms with E-state index in [0.29, 0.717) is 76.4 Å². The number of anilines is 3. The molecule has 69 heavy (non-hydrogen) atoms. The Hall–Kier alpha value is -5.78. The fourth-order valence-electron chi connectivity index (χ4n) is 11.5. The number of piperazine rings is 1. The number of phenols is 1. The molecule has 5 aliphatic heterocycles. The van der Waals surface area contributed by atoms with Gasteiger partial charge in [-0.25, -0.2) is 13.2 Å². The van der Waals surface area contributed by atoms with Crippen molar-refractivity contribution in [1.82, 2.24) is 30.1 Å². The van der Waals surface area contributed by atoms with Gasteiger partial charge in [-0.15, -0.1) is 0 Å². The van der Waals surface area contributed by atoms with Crippen LogP contribution in [0.5, 0.6) is 11.8 Å².